The number of amides is 3. The van der Waals surface area contributed by atoms with Crippen molar-refractivity contribution in [1.82, 2.24) is 20.0 Å². The van der Waals surface area contributed by atoms with Crippen molar-refractivity contribution in [3.05, 3.63) is 35.6 Å². The summed E-state index contributed by atoms with van der Waals surface area (Å²) in [5.74, 6) is -0.674. The maximum Gasteiger partial charge on any atom is 0.317 e. The summed E-state index contributed by atoms with van der Waals surface area (Å²) in [6, 6.07) is 5.62. The fourth-order valence-electron chi connectivity index (χ4n) is 3.69. The van der Waals surface area contributed by atoms with Crippen LogP contribution in [0.4, 0.5) is 9.18 Å². The van der Waals surface area contributed by atoms with Gasteiger partial charge in [-0.15, -0.1) is 0 Å². The summed E-state index contributed by atoms with van der Waals surface area (Å²) in [7, 11) is 0. The van der Waals surface area contributed by atoms with Crippen molar-refractivity contribution in [2.75, 3.05) is 72.2 Å². The lowest BCUT2D eigenvalue weighted by Gasteiger charge is -2.36. The molecular formula is C21H31FN4O4. The molecule has 166 valence electrons. The van der Waals surface area contributed by atoms with Crippen molar-refractivity contribution in [3.63, 3.8) is 0 Å². The van der Waals surface area contributed by atoms with E-state index >= 15 is 0 Å². The zero-order valence-electron chi connectivity index (χ0n) is 17.5. The standard InChI is InChI=1S/C21H31FN4O4/c1-2-23-21(28)26-10-13-30-19(16-26)15-25(7-6-24-8-11-29-12-9-24)20(27)17-4-3-5-18(22)14-17/h3-5,14,19H,2,6-13,15-16H2,1H3,(H,23,28). The van der Waals surface area contributed by atoms with Gasteiger partial charge in [-0.1, -0.05) is 6.07 Å². The highest BCUT2D eigenvalue weighted by atomic mass is 19.1. The monoisotopic (exact) mass is 422 g/mol. The Morgan fingerprint density at radius 2 is 2.03 bits per heavy atom. The van der Waals surface area contributed by atoms with Gasteiger partial charge in [0.25, 0.3) is 5.91 Å². The van der Waals surface area contributed by atoms with E-state index in [1.165, 1.54) is 18.2 Å². The first-order valence-corrected chi connectivity index (χ1v) is 10.6. The molecule has 0 bridgehead atoms. The number of ether oxygens (including phenoxy) is 2. The van der Waals surface area contributed by atoms with Crippen LogP contribution in [0.1, 0.15) is 17.3 Å². The van der Waals surface area contributed by atoms with Crippen molar-refractivity contribution in [3.8, 4) is 0 Å². The molecule has 3 rings (SSSR count). The molecule has 0 aromatic heterocycles. The van der Waals surface area contributed by atoms with Crippen LogP contribution in [0, 0.1) is 5.82 Å². The van der Waals surface area contributed by atoms with Gasteiger partial charge < -0.3 is 24.6 Å². The first-order valence-electron chi connectivity index (χ1n) is 10.6. The first-order chi connectivity index (χ1) is 14.6. The molecule has 0 aliphatic carbocycles. The van der Waals surface area contributed by atoms with Crippen LogP contribution in [0.15, 0.2) is 24.3 Å². The summed E-state index contributed by atoms with van der Waals surface area (Å²) in [5, 5.41) is 2.80. The number of urea groups is 1. The van der Waals surface area contributed by atoms with Gasteiger partial charge in [-0.05, 0) is 25.1 Å². The summed E-state index contributed by atoms with van der Waals surface area (Å²) < 4.78 is 24.9. The molecule has 30 heavy (non-hydrogen) atoms. The molecular weight excluding hydrogens is 391 g/mol. The molecule has 9 heteroatoms. The van der Waals surface area contributed by atoms with Crippen LogP contribution in [0.25, 0.3) is 0 Å². The molecule has 1 N–H and O–H groups in total. The van der Waals surface area contributed by atoms with Crippen molar-refractivity contribution in [2.24, 2.45) is 0 Å². The van der Waals surface area contributed by atoms with Gasteiger partial charge in [-0.3, -0.25) is 9.69 Å². The minimum Gasteiger partial charge on any atom is -0.379 e. The molecule has 0 spiro atoms. The third-order valence-electron chi connectivity index (χ3n) is 5.33. The summed E-state index contributed by atoms with van der Waals surface area (Å²) in [4.78, 5) is 31.0. The van der Waals surface area contributed by atoms with Crippen molar-refractivity contribution in [2.45, 2.75) is 13.0 Å². The van der Waals surface area contributed by atoms with E-state index in [-0.39, 0.29) is 18.0 Å². The number of carbonyl (C=O) groups excluding carboxylic acids is 2. The topological polar surface area (TPSA) is 74.4 Å². The second-order valence-electron chi connectivity index (χ2n) is 7.49. The Bertz CT molecular complexity index is 714. The number of benzene rings is 1. The lowest BCUT2D eigenvalue weighted by atomic mass is 10.1. The maximum absolute atomic E-state index is 13.7. The molecule has 0 saturated carbocycles. The Morgan fingerprint density at radius 3 is 2.77 bits per heavy atom. The molecule has 1 aromatic carbocycles. The van der Waals surface area contributed by atoms with Gasteiger partial charge in [0.15, 0.2) is 0 Å². The van der Waals surface area contributed by atoms with Crippen molar-refractivity contribution < 1.29 is 23.5 Å². The summed E-state index contributed by atoms with van der Waals surface area (Å²) in [6.45, 7) is 8.36. The molecule has 0 radical (unpaired) electrons. The maximum atomic E-state index is 13.7. The van der Waals surface area contributed by atoms with Gasteiger partial charge in [0.1, 0.15) is 5.82 Å². The van der Waals surface area contributed by atoms with Gasteiger partial charge in [0, 0.05) is 51.4 Å². The smallest absolute Gasteiger partial charge is 0.317 e. The van der Waals surface area contributed by atoms with E-state index in [0.29, 0.717) is 64.7 Å². The Balaban J connectivity index is 1.66. The number of halogens is 1. The van der Waals surface area contributed by atoms with Gasteiger partial charge in [0.05, 0.1) is 32.5 Å². The van der Waals surface area contributed by atoms with Gasteiger partial charge in [-0.2, -0.15) is 0 Å². The molecule has 3 amide bonds. The molecule has 2 aliphatic heterocycles. The van der Waals surface area contributed by atoms with E-state index in [4.69, 9.17) is 9.47 Å². The third kappa shape index (κ3) is 6.38. The molecule has 2 heterocycles. The summed E-state index contributed by atoms with van der Waals surface area (Å²) in [6.07, 6.45) is -0.288. The van der Waals surface area contributed by atoms with Crippen LogP contribution in [0.3, 0.4) is 0 Å². The van der Waals surface area contributed by atoms with Crippen molar-refractivity contribution in [1.29, 1.82) is 0 Å². The van der Waals surface area contributed by atoms with Crippen LogP contribution < -0.4 is 5.32 Å². The fourth-order valence-corrected chi connectivity index (χ4v) is 3.69. The number of nitrogens with zero attached hydrogens (tertiary/aromatic N) is 3. The van der Waals surface area contributed by atoms with Crippen LogP contribution >= 0.6 is 0 Å². The van der Waals surface area contributed by atoms with Gasteiger partial charge in [0.2, 0.25) is 0 Å². The first kappa shape index (κ1) is 22.5. The minimum absolute atomic E-state index is 0.123. The lowest BCUT2D eigenvalue weighted by Crippen LogP contribution is -2.53. The Morgan fingerprint density at radius 1 is 1.23 bits per heavy atom. The van der Waals surface area contributed by atoms with Crippen LogP contribution in [-0.4, -0.2) is 105 Å². The number of morpholine rings is 2. The average molecular weight is 423 g/mol. The number of rotatable bonds is 7. The third-order valence-corrected chi connectivity index (χ3v) is 5.33. The van der Waals surface area contributed by atoms with E-state index < -0.39 is 5.82 Å². The van der Waals surface area contributed by atoms with Crippen LogP contribution in [0.2, 0.25) is 0 Å². The lowest BCUT2D eigenvalue weighted by molar-refractivity contribution is -0.0296. The summed E-state index contributed by atoms with van der Waals surface area (Å²) in [5.41, 5.74) is 0.313. The van der Waals surface area contributed by atoms with Crippen LogP contribution in [0.5, 0.6) is 0 Å². The van der Waals surface area contributed by atoms with E-state index in [2.05, 4.69) is 10.2 Å². The molecule has 2 aliphatic rings. The normalized spacial score (nSPS) is 20.1. The van der Waals surface area contributed by atoms with E-state index in [1.807, 2.05) is 6.92 Å². The Kier molecular flexibility index (Phi) is 8.41. The minimum atomic E-state index is -0.440. The highest BCUT2D eigenvalue weighted by Gasteiger charge is 2.28. The predicted octanol–water partition coefficient (Wildman–Crippen LogP) is 1.03. The molecule has 1 aromatic rings. The SMILES string of the molecule is CCNC(=O)N1CCOC(CN(CCN2CCOCC2)C(=O)c2cccc(F)c2)C1. The summed E-state index contributed by atoms with van der Waals surface area (Å²) >= 11 is 0. The fraction of sp³-hybridized carbons (Fsp3) is 0.619. The Hall–Kier alpha value is -2.23. The molecule has 2 saturated heterocycles. The largest absolute Gasteiger partial charge is 0.379 e. The van der Waals surface area contributed by atoms with Gasteiger partial charge in [-0.25, -0.2) is 9.18 Å². The second kappa shape index (κ2) is 11.2. The van der Waals surface area contributed by atoms with Crippen molar-refractivity contribution >= 4 is 11.9 Å². The van der Waals surface area contributed by atoms with Gasteiger partial charge >= 0.3 is 6.03 Å². The molecule has 2 fully saturated rings. The Labute approximate surface area is 176 Å². The predicted molar refractivity (Wildman–Crippen MR) is 110 cm³/mol. The number of hydrogen-bond donors (Lipinski definition) is 1. The number of carbonyl (C=O) groups is 2. The van der Waals surface area contributed by atoms with E-state index in [0.717, 1.165) is 13.1 Å². The average Bonchev–Trinajstić information content (AvgIpc) is 2.77. The van der Waals surface area contributed by atoms with Crippen LogP contribution in [-0.2, 0) is 9.47 Å². The number of hydrogen-bond acceptors (Lipinski definition) is 5. The molecule has 1 unspecified atom stereocenters. The highest BCUT2D eigenvalue weighted by molar-refractivity contribution is 5.94. The quantitative estimate of drug-likeness (QED) is 0.711. The van der Waals surface area contributed by atoms with E-state index in [1.54, 1.807) is 15.9 Å². The highest BCUT2D eigenvalue weighted by Crippen LogP contribution is 2.13. The number of nitrogens with one attached hydrogen (secondary N) is 1. The zero-order chi connectivity index (χ0) is 21.3. The molecule has 8 nitrogen and oxygen atoms in total. The molecule has 1 atom stereocenters. The van der Waals surface area contributed by atoms with E-state index in [9.17, 15) is 14.0 Å². The second-order valence-corrected chi connectivity index (χ2v) is 7.49. The zero-order valence-corrected chi connectivity index (χ0v) is 17.5.